The molecule has 3 rings (SSSR count). The molecule has 2 aromatic rings. The van der Waals surface area contributed by atoms with E-state index in [1.165, 1.54) is 12.0 Å². The quantitative estimate of drug-likeness (QED) is 0.362. The van der Waals surface area contributed by atoms with Crippen LogP contribution in [0.3, 0.4) is 0 Å². The lowest BCUT2D eigenvalue weighted by atomic mass is 9.95. The summed E-state index contributed by atoms with van der Waals surface area (Å²) in [5.41, 5.74) is 1.14. The molecule has 1 fully saturated rings. The Labute approximate surface area is 188 Å². The number of benzene rings is 2. The molecule has 0 saturated carbocycles. The largest absolute Gasteiger partial charge is 0.507 e. The zero-order valence-electron chi connectivity index (χ0n) is 18.8. The molecule has 1 N–H and O–H groups in total. The fraction of sp³-hybridized carbons (Fsp3) is 0.360. The maximum atomic E-state index is 13.0. The van der Waals surface area contributed by atoms with E-state index in [1.54, 1.807) is 48.5 Å². The van der Waals surface area contributed by atoms with Crippen LogP contribution < -0.4 is 9.47 Å². The normalized spacial score (nSPS) is 17.8. The Bertz CT molecular complexity index is 996. The first kappa shape index (κ1) is 23.3. The van der Waals surface area contributed by atoms with Gasteiger partial charge in [0.05, 0.1) is 30.9 Å². The highest BCUT2D eigenvalue weighted by Crippen LogP contribution is 2.40. The van der Waals surface area contributed by atoms with Crippen molar-refractivity contribution in [3.05, 3.63) is 65.2 Å². The van der Waals surface area contributed by atoms with Crippen LogP contribution in [-0.2, 0) is 14.3 Å². The monoisotopic (exact) mass is 439 g/mol. The highest BCUT2D eigenvalue weighted by atomic mass is 16.5. The maximum Gasteiger partial charge on any atom is 0.295 e. The Kier molecular flexibility index (Phi) is 7.53. The zero-order chi connectivity index (χ0) is 23.3. The Morgan fingerprint density at radius 1 is 1.09 bits per heavy atom. The molecule has 170 valence electrons. The maximum absolute atomic E-state index is 13.0. The van der Waals surface area contributed by atoms with E-state index in [-0.39, 0.29) is 30.6 Å². The predicted molar refractivity (Wildman–Crippen MR) is 121 cm³/mol. The van der Waals surface area contributed by atoms with Crippen LogP contribution >= 0.6 is 0 Å². The third-order valence-corrected chi connectivity index (χ3v) is 5.06. The first-order valence-electron chi connectivity index (χ1n) is 10.6. The highest BCUT2D eigenvalue weighted by Gasteiger charge is 2.45. The van der Waals surface area contributed by atoms with E-state index in [9.17, 15) is 14.7 Å². The summed E-state index contributed by atoms with van der Waals surface area (Å²) in [7, 11) is 1.53. The molecular formula is C25H29NO6. The van der Waals surface area contributed by atoms with Gasteiger partial charge in [0.25, 0.3) is 11.7 Å². The summed E-state index contributed by atoms with van der Waals surface area (Å²) in [6.07, 6.45) is 0.0193. The van der Waals surface area contributed by atoms with Crippen LogP contribution in [0.2, 0.25) is 0 Å². The predicted octanol–water partition coefficient (Wildman–Crippen LogP) is 3.94. The summed E-state index contributed by atoms with van der Waals surface area (Å²) in [5.74, 6) is -0.388. The zero-order valence-corrected chi connectivity index (χ0v) is 18.8. The van der Waals surface area contributed by atoms with Crippen molar-refractivity contribution in [2.24, 2.45) is 0 Å². The SMILES string of the molecule is CCOc1cccc(/C(O)=C2/C(=O)C(=O)N(CCOC)C2c2ccc(OC(C)C)cc2)c1. The van der Waals surface area contributed by atoms with Crippen molar-refractivity contribution in [1.82, 2.24) is 4.90 Å². The van der Waals surface area contributed by atoms with Crippen molar-refractivity contribution in [2.75, 3.05) is 26.9 Å². The van der Waals surface area contributed by atoms with Crippen molar-refractivity contribution < 1.29 is 28.9 Å². The minimum atomic E-state index is -0.742. The first-order chi connectivity index (χ1) is 15.4. The van der Waals surface area contributed by atoms with Gasteiger partial charge >= 0.3 is 0 Å². The molecule has 0 spiro atoms. The number of carbonyl (C=O) groups excluding carboxylic acids is 2. The Morgan fingerprint density at radius 3 is 2.44 bits per heavy atom. The van der Waals surface area contributed by atoms with E-state index in [2.05, 4.69) is 0 Å². The van der Waals surface area contributed by atoms with Gasteiger partial charge in [-0.25, -0.2) is 0 Å². The molecule has 1 heterocycles. The van der Waals surface area contributed by atoms with Gasteiger partial charge < -0.3 is 24.2 Å². The topological polar surface area (TPSA) is 85.3 Å². The van der Waals surface area contributed by atoms with Crippen LogP contribution in [0.4, 0.5) is 0 Å². The molecular weight excluding hydrogens is 410 g/mol. The van der Waals surface area contributed by atoms with E-state index < -0.39 is 17.7 Å². The van der Waals surface area contributed by atoms with E-state index in [0.29, 0.717) is 29.2 Å². The number of Topliss-reactive ketones (excluding diaryl/α,β-unsaturated/α-hetero) is 1. The van der Waals surface area contributed by atoms with E-state index >= 15 is 0 Å². The summed E-state index contributed by atoms with van der Waals surface area (Å²) in [5, 5.41) is 11.1. The van der Waals surface area contributed by atoms with Crippen LogP contribution in [-0.4, -0.2) is 54.7 Å². The average Bonchev–Trinajstić information content (AvgIpc) is 3.02. The molecule has 32 heavy (non-hydrogen) atoms. The second-order valence-electron chi connectivity index (χ2n) is 7.68. The summed E-state index contributed by atoms with van der Waals surface area (Å²) in [4.78, 5) is 27.3. The van der Waals surface area contributed by atoms with Crippen molar-refractivity contribution in [2.45, 2.75) is 32.9 Å². The van der Waals surface area contributed by atoms with Gasteiger partial charge in [-0.2, -0.15) is 0 Å². The van der Waals surface area contributed by atoms with Crippen LogP contribution in [0.25, 0.3) is 5.76 Å². The molecule has 0 bridgehead atoms. The molecule has 1 amide bonds. The minimum Gasteiger partial charge on any atom is -0.507 e. The van der Waals surface area contributed by atoms with Gasteiger partial charge in [0.1, 0.15) is 17.3 Å². The number of hydrogen-bond acceptors (Lipinski definition) is 6. The Hall–Kier alpha value is -3.32. The van der Waals surface area contributed by atoms with Gasteiger partial charge in [-0.05, 0) is 50.6 Å². The van der Waals surface area contributed by atoms with E-state index in [0.717, 1.165) is 0 Å². The van der Waals surface area contributed by atoms with Gasteiger partial charge in [0.2, 0.25) is 0 Å². The number of hydrogen-bond donors (Lipinski definition) is 1. The number of nitrogens with zero attached hydrogens (tertiary/aromatic N) is 1. The molecule has 0 radical (unpaired) electrons. The molecule has 0 aliphatic carbocycles. The second-order valence-corrected chi connectivity index (χ2v) is 7.68. The molecule has 1 atom stereocenters. The lowest BCUT2D eigenvalue weighted by molar-refractivity contribution is -0.140. The number of methoxy groups -OCH3 is 1. The molecule has 7 heteroatoms. The van der Waals surface area contributed by atoms with Crippen LogP contribution in [0.5, 0.6) is 11.5 Å². The van der Waals surface area contributed by atoms with Crippen molar-refractivity contribution >= 4 is 17.4 Å². The van der Waals surface area contributed by atoms with Crippen molar-refractivity contribution in [1.29, 1.82) is 0 Å². The van der Waals surface area contributed by atoms with Gasteiger partial charge in [-0.3, -0.25) is 9.59 Å². The van der Waals surface area contributed by atoms with Gasteiger partial charge in [-0.1, -0.05) is 24.3 Å². The number of amides is 1. The molecule has 1 aliphatic rings. The van der Waals surface area contributed by atoms with Crippen LogP contribution in [0.15, 0.2) is 54.1 Å². The summed E-state index contributed by atoms with van der Waals surface area (Å²) in [6.45, 7) is 6.68. The summed E-state index contributed by atoms with van der Waals surface area (Å²) >= 11 is 0. The lowest BCUT2D eigenvalue weighted by Gasteiger charge is -2.25. The van der Waals surface area contributed by atoms with Gasteiger partial charge in [-0.15, -0.1) is 0 Å². The number of carbonyl (C=O) groups is 2. The molecule has 7 nitrogen and oxygen atoms in total. The molecule has 1 unspecified atom stereocenters. The first-order valence-corrected chi connectivity index (χ1v) is 10.6. The summed E-state index contributed by atoms with van der Waals surface area (Å²) in [6, 6.07) is 13.3. The van der Waals surface area contributed by atoms with Crippen LogP contribution in [0, 0.1) is 0 Å². The second kappa shape index (κ2) is 10.3. The minimum absolute atomic E-state index is 0.0193. The fourth-order valence-electron chi connectivity index (χ4n) is 3.70. The average molecular weight is 440 g/mol. The fourth-order valence-corrected chi connectivity index (χ4v) is 3.70. The van der Waals surface area contributed by atoms with Crippen LogP contribution in [0.1, 0.15) is 37.9 Å². The molecule has 1 aliphatic heterocycles. The van der Waals surface area contributed by atoms with E-state index in [1.807, 2.05) is 20.8 Å². The van der Waals surface area contributed by atoms with Gasteiger partial charge in [0, 0.05) is 19.2 Å². The highest BCUT2D eigenvalue weighted by molar-refractivity contribution is 6.46. The number of aliphatic hydroxyl groups excluding tert-OH is 1. The number of rotatable bonds is 9. The Balaban J connectivity index is 2.09. The third-order valence-electron chi connectivity index (χ3n) is 5.06. The molecule has 0 aromatic heterocycles. The van der Waals surface area contributed by atoms with Crippen molar-refractivity contribution in [3.8, 4) is 11.5 Å². The standard InChI is InChI=1S/C25H29NO6/c1-5-31-20-8-6-7-18(15-20)23(27)21-22(26(13-14-30-4)25(29)24(21)28)17-9-11-19(12-10-17)32-16(2)3/h6-12,15-16,22,27H,5,13-14H2,1-4H3/b23-21-. The molecule has 2 aromatic carbocycles. The van der Waals surface area contributed by atoms with E-state index in [4.69, 9.17) is 14.2 Å². The Morgan fingerprint density at radius 2 is 1.81 bits per heavy atom. The number of likely N-dealkylation sites (tertiary alicyclic amines) is 1. The summed E-state index contributed by atoms with van der Waals surface area (Å²) < 4.78 is 16.4. The number of ether oxygens (including phenoxy) is 3. The van der Waals surface area contributed by atoms with Gasteiger partial charge in [0.15, 0.2) is 0 Å². The number of aliphatic hydroxyl groups is 1. The number of ketones is 1. The lowest BCUT2D eigenvalue weighted by Crippen LogP contribution is -2.32. The smallest absolute Gasteiger partial charge is 0.295 e. The third kappa shape index (κ3) is 4.94. The van der Waals surface area contributed by atoms with Crippen molar-refractivity contribution in [3.63, 3.8) is 0 Å². The molecule has 1 saturated heterocycles.